The quantitative estimate of drug-likeness (QED) is 0.327. The van der Waals surface area contributed by atoms with E-state index in [2.05, 4.69) is 10.4 Å². The van der Waals surface area contributed by atoms with Crippen molar-refractivity contribution >= 4 is 11.6 Å². The van der Waals surface area contributed by atoms with Crippen LogP contribution < -0.4 is 11.1 Å². The number of anilines is 1. The van der Waals surface area contributed by atoms with Gasteiger partial charge in [0, 0.05) is 17.8 Å². The first-order chi connectivity index (χ1) is 17.5. The lowest BCUT2D eigenvalue weighted by atomic mass is 10.00. The van der Waals surface area contributed by atoms with E-state index in [1.165, 1.54) is 6.07 Å². The number of ether oxygens (including phenoxy) is 1. The van der Waals surface area contributed by atoms with Gasteiger partial charge in [0.25, 0.3) is 5.91 Å². The van der Waals surface area contributed by atoms with Crippen LogP contribution in [0.1, 0.15) is 51.8 Å². The number of halogens is 1. The Morgan fingerprint density at radius 1 is 1.11 bits per heavy atom. The van der Waals surface area contributed by atoms with Crippen LogP contribution >= 0.6 is 0 Å². The van der Waals surface area contributed by atoms with Gasteiger partial charge in [-0.3, -0.25) is 4.79 Å². The van der Waals surface area contributed by atoms with Crippen molar-refractivity contribution < 1.29 is 13.9 Å². The molecule has 3 aromatic carbocycles. The number of benzene rings is 3. The molecule has 1 atom stereocenters. The molecule has 4 aromatic rings. The van der Waals surface area contributed by atoms with E-state index >= 15 is 4.39 Å². The summed E-state index contributed by atoms with van der Waals surface area (Å²) in [6.45, 7) is 2.80. The Morgan fingerprint density at radius 3 is 2.67 bits per heavy atom. The lowest BCUT2D eigenvalue weighted by Gasteiger charge is -2.20. The van der Waals surface area contributed by atoms with Crippen LogP contribution in [0.15, 0.2) is 78.9 Å². The fraction of sp³-hybridized carbons (Fsp3) is 0.241. The van der Waals surface area contributed by atoms with Gasteiger partial charge in [-0.15, -0.1) is 0 Å². The maximum absolute atomic E-state index is 15.0. The number of carbonyl (C=O) groups is 1. The number of nitrogens with two attached hydrogens (primary N) is 1. The predicted octanol–water partition coefficient (Wildman–Crippen LogP) is 5.55. The van der Waals surface area contributed by atoms with Gasteiger partial charge in [-0.2, -0.15) is 5.10 Å². The molecule has 7 heteroatoms. The van der Waals surface area contributed by atoms with Crippen LogP contribution in [0, 0.1) is 18.7 Å². The minimum absolute atomic E-state index is 0.346. The summed E-state index contributed by atoms with van der Waals surface area (Å²) in [5.74, 6) is -0.193. The molecule has 0 radical (unpaired) electrons. The molecule has 184 valence electrons. The fourth-order valence-corrected chi connectivity index (χ4v) is 4.20. The second-order valence-corrected chi connectivity index (χ2v) is 9.21. The van der Waals surface area contributed by atoms with Crippen molar-refractivity contribution in [3.05, 3.63) is 113 Å². The summed E-state index contributed by atoms with van der Waals surface area (Å²) in [5, 5.41) is 7.42. The Kier molecular flexibility index (Phi) is 6.93. The van der Waals surface area contributed by atoms with Crippen LogP contribution in [0.2, 0.25) is 0 Å². The predicted molar refractivity (Wildman–Crippen MR) is 138 cm³/mol. The lowest BCUT2D eigenvalue weighted by Crippen LogP contribution is -2.18. The van der Waals surface area contributed by atoms with Crippen molar-refractivity contribution in [1.82, 2.24) is 9.78 Å². The summed E-state index contributed by atoms with van der Waals surface area (Å²) in [6, 6.07) is 23.5. The zero-order valence-electron chi connectivity index (χ0n) is 20.2. The molecule has 5 rings (SSSR count). The van der Waals surface area contributed by atoms with Crippen molar-refractivity contribution in [2.24, 2.45) is 11.7 Å². The van der Waals surface area contributed by atoms with Crippen LogP contribution in [0.25, 0.3) is 5.69 Å². The number of aromatic nitrogens is 2. The summed E-state index contributed by atoms with van der Waals surface area (Å²) in [5.41, 5.74) is 10.3. The molecule has 3 N–H and O–H groups in total. The van der Waals surface area contributed by atoms with Crippen LogP contribution in [0.5, 0.6) is 0 Å². The summed E-state index contributed by atoms with van der Waals surface area (Å²) in [4.78, 5) is 13.3. The van der Waals surface area contributed by atoms with Gasteiger partial charge in [0.15, 0.2) is 0 Å². The maximum atomic E-state index is 15.0. The molecule has 6 nitrogen and oxygen atoms in total. The highest BCUT2D eigenvalue weighted by atomic mass is 19.1. The molecule has 36 heavy (non-hydrogen) atoms. The number of rotatable bonds is 9. The number of nitrogens with one attached hydrogen (secondary N) is 1. The summed E-state index contributed by atoms with van der Waals surface area (Å²) < 4.78 is 22.8. The van der Waals surface area contributed by atoms with E-state index in [1.807, 2.05) is 61.5 Å². The minimum Gasteiger partial charge on any atom is -0.368 e. The standard InChI is InChI=1S/C29H29FN4O2/c1-19-14-27(34(33-19)24-9-5-6-21(15-24)17-31)29(35)32-23-12-13-26(30)25(16-23)28(36-18-20-10-11-20)22-7-3-2-4-8-22/h2-9,12-16,20,28H,10-11,17-18,31H2,1H3,(H,32,35). The highest BCUT2D eigenvalue weighted by molar-refractivity contribution is 6.03. The number of amides is 1. The zero-order valence-corrected chi connectivity index (χ0v) is 20.2. The number of hydrogen-bond acceptors (Lipinski definition) is 4. The Morgan fingerprint density at radius 2 is 1.92 bits per heavy atom. The van der Waals surface area contributed by atoms with E-state index in [1.54, 1.807) is 22.9 Å². The van der Waals surface area contributed by atoms with Gasteiger partial charge in [0.1, 0.15) is 17.6 Å². The third-order valence-electron chi connectivity index (χ3n) is 6.29. The van der Waals surface area contributed by atoms with Gasteiger partial charge in [-0.05, 0) is 73.2 Å². The molecule has 0 bridgehead atoms. The third kappa shape index (κ3) is 5.37. The smallest absolute Gasteiger partial charge is 0.274 e. The molecule has 1 aromatic heterocycles. The number of aryl methyl sites for hydroxylation is 1. The second kappa shape index (κ2) is 10.4. The van der Waals surface area contributed by atoms with Crippen molar-refractivity contribution in [2.45, 2.75) is 32.4 Å². The molecule has 0 spiro atoms. The Bertz CT molecular complexity index is 1360. The number of hydrogen-bond donors (Lipinski definition) is 2. The first-order valence-electron chi connectivity index (χ1n) is 12.1. The summed E-state index contributed by atoms with van der Waals surface area (Å²) >= 11 is 0. The molecule has 1 saturated carbocycles. The van der Waals surface area contributed by atoms with Gasteiger partial charge in [-0.25, -0.2) is 9.07 Å². The molecule has 0 aliphatic heterocycles. The first-order valence-corrected chi connectivity index (χ1v) is 12.1. The number of carbonyl (C=O) groups excluding carboxylic acids is 1. The summed E-state index contributed by atoms with van der Waals surface area (Å²) in [7, 11) is 0. The largest absolute Gasteiger partial charge is 0.368 e. The average molecular weight is 485 g/mol. The third-order valence-corrected chi connectivity index (χ3v) is 6.29. The van der Waals surface area contributed by atoms with Crippen molar-refractivity contribution in [1.29, 1.82) is 0 Å². The van der Waals surface area contributed by atoms with E-state index in [4.69, 9.17) is 10.5 Å². The van der Waals surface area contributed by atoms with E-state index in [9.17, 15) is 4.79 Å². The monoisotopic (exact) mass is 484 g/mol. The van der Waals surface area contributed by atoms with Gasteiger partial charge in [0.05, 0.1) is 18.0 Å². The minimum atomic E-state index is -0.560. The molecule has 1 amide bonds. The van der Waals surface area contributed by atoms with E-state index in [-0.39, 0.29) is 11.7 Å². The molecule has 1 fully saturated rings. The topological polar surface area (TPSA) is 82.2 Å². The van der Waals surface area contributed by atoms with E-state index < -0.39 is 6.10 Å². The molecular weight excluding hydrogens is 455 g/mol. The van der Waals surface area contributed by atoms with Crippen LogP contribution in [-0.2, 0) is 11.3 Å². The van der Waals surface area contributed by atoms with E-state index in [0.29, 0.717) is 41.7 Å². The van der Waals surface area contributed by atoms with Crippen molar-refractivity contribution in [3.63, 3.8) is 0 Å². The van der Waals surface area contributed by atoms with Gasteiger partial charge < -0.3 is 15.8 Å². The highest BCUT2D eigenvalue weighted by Gasteiger charge is 2.26. The summed E-state index contributed by atoms with van der Waals surface area (Å²) in [6.07, 6.45) is 1.72. The Hall–Kier alpha value is -3.81. The zero-order chi connectivity index (χ0) is 25.1. The van der Waals surface area contributed by atoms with Gasteiger partial charge in [-0.1, -0.05) is 42.5 Å². The maximum Gasteiger partial charge on any atom is 0.274 e. The second-order valence-electron chi connectivity index (χ2n) is 9.21. The van der Waals surface area contributed by atoms with Crippen LogP contribution in [-0.4, -0.2) is 22.3 Å². The molecule has 1 aliphatic rings. The Balaban J connectivity index is 1.43. The average Bonchev–Trinajstić information content (AvgIpc) is 3.65. The SMILES string of the molecule is Cc1cc(C(=O)Nc2ccc(F)c(C(OCC3CC3)c3ccccc3)c2)n(-c2cccc(CN)c2)n1. The fourth-order valence-electron chi connectivity index (χ4n) is 4.20. The van der Waals surface area contributed by atoms with E-state index in [0.717, 1.165) is 29.7 Å². The van der Waals surface area contributed by atoms with Crippen LogP contribution in [0.4, 0.5) is 10.1 Å². The van der Waals surface area contributed by atoms with Crippen molar-refractivity contribution in [3.8, 4) is 5.69 Å². The van der Waals surface area contributed by atoms with Crippen molar-refractivity contribution in [2.75, 3.05) is 11.9 Å². The first kappa shape index (κ1) is 23.9. The molecule has 1 unspecified atom stereocenters. The molecule has 1 aliphatic carbocycles. The Labute approximate surface area is 209 Å². The normalized spacial score (nSPS) is 14.0. The van der Waals surface area contributed by atoms with Gasteiger partial charge in [0.2, 0.25) is 0 Å². The molecular formula is C29H29FN4O2. The lowest BCUT2D eigenvalue weighted by molar-refractivity contribution is 0.0695. The molecule has 1 heterocycles. The van der Waals surface area contributed by atoms with Gasteiger partial charge >= 0.3 is 0 Å². The highest BCUT2D eigenvalue weighted by Crippen LogP contribution is 2.35. The number of nitrogens with zero attached hydrogens (tertiary/aromatic N) is 2. The molecule has 0 saturated heterocycles. The van der Waals surface area contributed by atoms with Crippen LogP contribution in [0.3, 0.4) is 0 Å².